The van der Waals surface area contributed by atoms with Crippen LogP contribution < -0.4 is 11.2 Å². The summed E-state index contributed by atoms with van der Waals surface area (Å²) in [4.78, 5) is 35.4. The Hall–Kier alpha value is -1.47. The highest BCUT2D eigenvalue weighted by atomic mass is 16.3. The van der Waals surface area contributed by atoms with E-state index in [0.29, 0.717) is 19.3 Å². The highest BCUT2D eigenvalue weighted by Crippen LogP contribution is 2.33. The fourth-order valence-corrected chi connectivity index (χ4v) is 3.18. The predicted octanol–water partition coefficient (Wildman–Crippen LogP) is 0.505. The SMILES string of the molecule is CCCCCC(CC=O)(CC(N)=O)C(=O)NN1CCCC1CO. The summed E-state index contributed by atoms with van der Waals surface area (Å²) in [5.74, 6) is -0.932. The van der Waals surface area contributed by atoms with Crippen LogP contribution in [-0.4, -0.2) is 47.4 Å². The average Bonchev–Trinajstić information content (AvgIpc) is 2.94. The number of carbonyl (C=O) groups excluding carboxylic acids is 3. The third-order valence-electron chi connectivity index (χ3n) is 4.56. The van der Waals surface area contributed by atoms with Crippen molar-refractivity contribution in [3.8, 4) is 0 Å². The Bertz CT molecular complexity index is 416. The molecule has 0 aromatic carbocycles. The van der Waals surface area contributed by atoms with E-state index >= 15 is 0 Å². The number of aliphatic hydroxyl groups excluding tert-OH is 1. The van der Waals surface area contributed by atoms with E-state index in [9.17, 15) is 19.5 Å². The second-order valence-electron chi connectivity index (χ2n) is 6.36. The van der Waals surface area contributed by atoms with E-state index in [1.54, 1.807) is 5.01 Å². The minimum atomic E-state index is -1.09. The van der Waals surface area contributed by atoms with Gasteiger partial charge in [-0.2, -0.15) is 0 Å². The molecular formula is C16H29N3O4. The summed E-state index contributed by atoms with van der Waals surface area (Å²) in [5, 5.41) is 11.1. The molecule has 0 aromatic heterocycles. The summed E-state index contributed by atoms with van der Waals surface area (Å²) in [6.45, 7) is 2.66. The molecule has 0 saturated carbocycles. The Balaban J connectivity index is 2.87. The van der Waals surface area contributed by atoms with Crippen molar-refractivity contribution in [1.29, 1.82) is 0 Å². The van der Waals surface area contributed by atoms with Crippen molar-refractivity contribution < 1.29 is 19.5 Å². The first-order valence-electron chi connectivity index (χ1n) is 8.39. The van der Waals surface area contributed by atoms with E-state index in [0.717, 1.165) is 32.1 Å². The van der Waals surface area contributed by atoms with Crippen LogP contribution >= 0.6 is 0 Å². The Kier molecular flexibility index (Phi) is 8.19. The van der Waals surface area contributed by atoms with Crippen LogP contribution in [-0.2, 0) is 14.4 Å². The Labute approximate surface area is 137 Å². The quantitative estimate of drug-likeness (QED) is 0.378. The predicted molar refractivity (Wildman–Crippen MR) is 86.0 cm³/mol. The zero-order valence-corrected chi connectivity index (χ0v) is 13.9. The lowest BCUT2D eigenvalue weighted by Crippen LogP contribution is -2.53. The number of nitrogens with two attached hydrogens (primary N) is 1. The summed E-state index contributed by atoms with van der Waals surface area (Å²) < 4.78 is 0. The molecule has 1 heterocycles. The van der Waals surface area contributed by atoms with Crippen molar-refractivity contribution in [3.63, 3.8) is 0 Å². The maximum absolute atomic E-state index is 12.8. The van der Waals surface area contributed by atoms with E-state index in [2.05, 4.69) is 5.43 Å². The Morgan fingerprint density at radius 3 is 2.74 bits per heavy atom. The maximum atomic E-state index is 12.8. The van der Waals surface area contributed by atoms with Gasteiger partial charge in [0.25, 0.3) is 0 Å². The maximum Gasteiger partial charge on any atom is 0.241 e. The first kappa shape index (κ1) is 19.6. The van der Waals surface area contributed by atoms with Gasteiger partial charge in [-0.25, -0.2) is 5.01 Å². The van der Waals surface area contributed by atoms with Crippen LogP contribution in [0.15, 0.2) is 0 Å². The number of hydrogen-bond acceptors (Lipinski definition) is 5. The molecular weight excluding hydrogens is 298 g/mol. The number of aldehydes is 1. The van der Waals surface area contributed by atoms with Gasteiger partial charge >= 0.3 is 0 Å². The van der Waals surface area contributed by atoms with E-state index in [1.165, 1.54) is 0 Å². The van der Waals surface area contributed by atoms with Crippen LogP contribution in [0.25, 0.3) is 0 Å². The summed E-state index contributed by atoms with van der Waals surface area (Å²) in [5.41, 5.74) is 7.04. The Morgan fingerprint density at radius 2 is 2.17 bits per heavy atom. The molecule has 1 saturated heterocycles. The van der Waals surface area contributed by atoms with Gasteiger partial charge in [0.05, 0.1) is 18.1 Å². The average molecular weight is 327 g/mol. The monoisotopic (exact) mass is 327 g/mol. The first-order chi connectivity index (χ1) is 11.0. The smallest absolute Gasteiger partial charge is 0.241 e. The molecule has 7 nitrogen and oxygen atoms in total. The van der Waals surface area contributed by atoms with Gasteiger partial charge in [0.1, 0.15) is 6.29 Å². The van der Waals surface area contributed by atoms with Crippen LogP contribution in [0, 0.1) is 5.41 Å². The van der Waals surface area contributed by atoms with E-state index in [4.69, 9.17) is 5.73 Å². The minimum Gasteiger partial charge on any atom is -0.395 e. The molecule has 7 heteroatoms. The van der Waals surface area contributed by atoms with Crippen molar-refractivity contribution in [1.82, 2.24) is 10.4 Å². The third-order valence-corrected chi connectivity index (χ3v) is 4.56. The lowest BCUT2D eigenvalue weighted by molar-refractivity contribution is -0.143. The number of hydrazine groups is 1. The van der Waals surface area contributed by atoms with Crippen molar-refractivity contribution in [3.05, 3.63) is 0 Å². The van der Waals surface area contributed by atoms with Crippen molar-refractivity contribution in [2.24, 2.45) is 11.1 Å². The van der Waals surface area contributed by atoms with E-state index in [1.807, 2.05) is 6.92 Å². The highest BCUT2D eigenvalue weighted by Gasteiger charge is 2.41. The largest absolute Gasteiger partial charge is 0.395 e. The zero-order chi connectivity index (χ0) is 17.3. The number of rotatable bonds is 11. The van der Waals surface area contributed by atoms with Crippen molar-refractivity contribution in [2.45, 2.75) is 64.3 Å². The van der Waals surface area contributed by atoms with Crippen molar-refractivity contribution >= 4 is 18.1 Å². The molecule has 2 unspecified atom stereocenters. The number of hydrogen-bond donors (Lipinski definition) is 3. The molecule has 2 atom stereocenters. The summed E-state index contributed by atoms with van der Waals surface area (Å²) in [7, 11) is 0. The van der Waals surface area contributed by atoms with Gasteiger partial charge in [0.2, 0.25) is 11.8 Å². The number of aliphatic hydroxyl groups is 1. The standard InChI is InChI=1S/C16H29N3O4/c1-2-3-4-7-16(8-10-20,11-14(17)22)15(23)18-19-9-5-6-13(19)12-21/h10,13,21H,2-9,11-12H2,1H3,(H2,17,22)(H,18,23). The number of unbranched alkanes of at least 4 members (excludes halogenated alkanes) is 2. The fourth-order valence-electron chi connectivity index (χ4n) is 3.18. The molecule has 23 heavy (non-hydrogen) atoms. The van der Waals surface area contributed by atoms with Crippen molar-refractivity contribution in [2.75, 3.05) is 13.2 Å². The zero-order valence-electron chi connectivity index (χ0n) is 13.9. The second kappa shape index (κ2) is 9.62. The number of amides is 2. The van der Waals surface area contributed by atoms with Crippen LogP contribution in [0.2, 0.25) is 0 Å². The minimum absolute atomic E-state index is 0.0247. The Morgan fingerprint density at radius 1 is 1.43 bits per heavy atom. The van der Waals surface area contributed by atoms with Gasteiger partial charge < -0.3 is 15.6 Å². The fraction of sp³-hybridized carbons (Fsp3) is 0.812. The van der Waals surface area contributed by atoms with E-state index in [-0.39, 0.29) is 31.4 Å². The molecule has 2 amide bonds. The second-order valence-corrected chi connectivity index (χ2v) is 6.36. The molecule has 0 aliphatic carbocycles. The van der Waals surface area contributed by atoms with Crippen LogP contribution in [0.3, 0.4) is 0 Å². The molecule has 0 aromatic rings. The third kappa shape index (κ3) is 5.58. The molecule has 1 fully saturated rings. The molecule has 1 rings (SSSR count). The van der Waals surface area contributed by atoms with Gasteiger partial charge in [0.15, 0.2) is 0 Å². The number of primary amides is 1. The molecule has 1 aliphatic rings. The van der Waals surface area contributed by atoms with Gasteiger partial charge in [0, 0.05) is 19.4 Å². The summed E-state index contributed by atoms with van der Waals surface area (Å²) in [6.07, 6.45) is 5.33. The van der Waals surface area contributed by atoms with Crippen LogP contribution in [0.5, 0.6) is 0 Å². The van der Waals surface area contributed by atoms with E-state index < -0.39 is 11.3 Å². The number of nitrogens with one attached hydrogen (secondary N) is 1. The molecule has 0 spiro atoms. The van der Waals surface area contributed by atoms with Crippen LogP contribution in [0.1, 0.15) is 58.3 Å². The molecule has 0 radical (unpaired) electrons. The van der Waals surface area contributed by atoms with Gasteiger partial charge in [-0.1, -0.05) is 26.2 Å². The topological polar surface area (TPSA) is 113 Å². The van der Waals surface area contributed by atoms with Gasteiger partial charge in [-0.05, 0) is 19.3 Å². The summed E-state index contributed by atoms with van der Waals surface area (Å²) >= 11 is 0. The van der Waals surface area contributed by atoms with Crippen LogP contribution in [0.4, 0.5) is 0 Å². The molecule has 1 aliphatic heterocycles. The normalized spacial score (nSPS) is 20.9. The van der Waals surface area contributed by atoms with Gasteiger partial charge in [-0.3, -0.25) is 15.0 Å². The molecule has 4 N–H and O–H groups in total. The first-order valence-corrected chi connectivity index (χ1v) is 8.39. The lowest BCUT2D eigenvalue weighted by Gasteiger charge is -2.33. The number of carbonyl (C=O) groups is 3. The van der Waals surface area contributed by atoms with Gasteiger partial charge in [-0.15, -0.1) is 0 Å². The lowest BCUT2D eigenvalue weighted by atomic mass is 9.76. The molecule has 0 bridgehead atoms. The summed E-state index contributed by atoms with van der Waals surface area (Å²) in [6, 6.07) is -0.114. The number of nitrogens with zero attached hydrogens (tertiary/aromatic N) is 1. The molecule has 132 valence electrons. The highest BCUT2D eigenvalue weighted by molar-refractivity contribution is 5.90.